The van der Waals surface area contributed by atoms with Crippen LogP contribution in [0.4, 0.5) is 5.69 Å². The molecule has 2 aromatic carbocycles. The summed E-state index contributed by atoms with van der Waals surface area (Å²) in [5.41, 5.74) is 6.15. The molecule has 0 radical (unpaired) electrons. The maximum Gasteiger partial charge on any atom is 0.271 e. The number of nitrogens with one attached hydrogen (secondary N) is 3. The Morgan fingerprint density at radius 1 is 0.968 bits per heavy atom. The van der Waals surface area contributed by atoms with Crippen LogP contribution < -0.4 is 20.3 Å². The molecule has 31 heavy (non-hydrogen) atoms. The van der Waals surface area contributed by atoms with Gasteiger partial charge in [0.25, 0.3) is 15.9 Å². The first-order valence-corrected chi connectivity index (χ1v) is 11.7. The van der Waals surface area contributed by atoms with E-state index in [4.69, 9.17) is 4.74 Å². The van der Waals surface area contributed by atoms with Crippen molar-refractivity contribution in [2.24, 2.45) is 0 Å². The normalized spacial score (nSPS) is 10.9. The van der Waals surface area contributed by atoms with E-state index in [0.717, 1.165) is 11.3 Å². The minimum atomic E-state index is -3.62. The van der Waals surface area contributed by atoms with Crippen molar-refractivity contribution in [3.05, 3.63) is 77.2 Å². The fourth-order valence-electron chi connectivity index (χ4n) is 2.61. The van der Waals surface area contributed by atoms with Crippen LogP contribution in [0.15, 0.2) is 70.3 Å². The molecule has 0 fully saturated rings. The van der Waals surface area contributed by atoms with Crippen LogP contribution in [-0.2, 0) is 21.2 Å². The highest BCUT2D eigenvalue weighted by molar-refractivity contribution is 7.94. The predicted octanol–water partition coefficient (Wildman–Crippen LogP) is 2.95. The molecule has 0 aliphatic rings. The number of anilines is 1. The van der Waals surface area contributed by atoms with Crippen molar-refractivity contribution < 1.29 is 22.7 Å². The molecule has 3 rings (SSSR count). The summed E-state index contributed by atoms with van der Waals surface area (Å²) >= 11 is 1.13. The van der Waals surface area contributed by atoms with Crippen LogP contribution in [-0.4, -0.2) is 26.8 Å². The quantitative estimate of drug-likeness (QED) is 0.448. The molecule has 8 nitrogen and oxygen atoms in total. The third-order valence-corrected chi connectivity index (χ3v) is 6.85. The standard InChI is InChI=1S/C21H21N3O5S2/c1-2-29-18-11-7-16(8-12-18)21(26)23-22-19(25)14-15-5-9-17(10-6-15)24-31(27,28)20-4-3-13-30-20/h3-13,24H,2,14H2,1H3,(H,22,25)(H,23,26). The van der Waals surface area contributed by atoms with E-state index in [1.54, 1.807) is 60.0 Å². The van der Waals surface area contributed by atoms with E-state index in [9.17, 15) is 18.0 Å². The van der Waals surface area contributed by atoms with Crippen LogP contribution >= 0.6 is 11.3 Å². The van der Waals surface area contributed by atoms with E-state index >= 15 is 0 Å². The molecule has 0 spiro atoms. The van der Waals surface area contributed by atoms with E-state index in [1.807, 2.05) is 6.92 Å². The zero-order valence-electron chi connectivity index (χ0n) is 16.6. The van der Waals surface area contributed by atoms with Crippen molar-refractivity contribution >= 4 is 38.9 Å². The van der Waals surface area contributed by atoms with Gasteiger partial charge in [-0.25, -0.2) is 8.42 Å². The first-order valence-electron chi connectivity index (χ1n) is 9.34. The topological polar surface area (TPSA) is 114 Å². The van der Waals surface area contributed by atoms with Crippen molar-refractivity contribution in [1.82, 2.24) is 10.9 Å². The van der Waals surface area contributed by atoms with Crippen LogP contribution in [0, 0.1) is 0 Å². The number of carbonyl (C=O) groups is 2. The maximum atomic E-state index is 12.2. The number of ether oxygens (including phenoxy) is 1. The summed E-state index contributed by atoms with van der Waals surface area (Å²) < 4.78 is 32.5. The highest BCUT2D eigenvalue weighted by Gasteiger charge is 2.15. The van der Waals surface area contributed by atoms with Crippen LogP contribution in [0.25, 0.3) is 0 Å². The van der Waals surface area contributed by atoms with Gasteiger partial charge in [-0.1, -0.05) is 18.2 Å². The lowest BCUT2D eigenvalue weighted by molar-refractivity contribution is -0.121. The Labute approximate surface area is 184 Å². The van der Waals surface area contributed by atoms with Gasteiger partial charge in [0, 0.05) is 11.3 Å². The molecule has 0 saturated carbocycles. The molecular weight excluding hydrogens is 438 g/mol. The molecule has 0 unspecified atom stereocenters. The second kappa shape index (κ2) is 10.1. The number of amides is 2. The highest BCUT2D eigenvalue weighted by Crippen LogP contribution is 2.20. The number of hydrogen-bond donors (Lipinski definition) is 3. The summed E-state index contributed by atoms with van der Waals surface area (Å²) in [7, 11) is -3.62. The Morgan fingerprint density at radius 2 is 1.68 bits per heavy atom. The molecule has 0 aliphatic heterocycles. The molecule has 1 aromatic heterocycles. The third kappa shape index (κ3) is 6.30. The monoisotopic (exact) mass is 459 g/mol. The molecule has 0 aliphatic carbocycles. The first kappa shape index (κ1) is 22.3. The number of carbonyl (C=O) groups excluding carboxylic acids is 2. The molecule has 2 amide bonds. The molecule has 162 valence electrons. The van der Waals surface area contributed by atoms with Crippen molar-refractivity contribution in [3.8, 4) is 5.75 Å². The fourth-order valence-corrected chi connectivity index (χ4v) is 4.66. The number of thiophene rings is 1. The number of benzene rings is 2. The van der Waals surface area contributed by atoms with Crippen LogP contribution in [0.3, 0.4) is 0 Å². The van der Waals surface area contributed by atoms with Crippen molar-refractivity contribution in [1.29, 1.82) is 0 Å². The van der Waals surface area contributed by atoms with Gasteiger partial charge in [-0.3, -0.25) is 25.2 Å². The lowest BCUT2D eigenvalue weighted by Gasteiger charge is -2.09. The molecule has 0 bridgehead atoms. The third-order valence-electron chi connectivity index (χ3n) is 4.07. The van der Waals surface area contributed by atoms with Crippen LogP contribution in [0.2, 0.25) is 0 Å². The summed E-state index contributed by atoms with van der Waals surface area (Å²) in [5, 5.41) is 1.69. The summed E-state index contributed by atoms with van der Waals surface area (Å²) in [6, 6.07) is 16.2. The predicted molar refractivity (Wildman–Crippen MR) is 118 cm³/mol. The zero-order valence-corrected chi connectivity index (χ0v) is 18.3. The smallest absolute Gasteiger partial charge is 0.271 e. The number of hydrogen-bond acceptors (Lipinski definition) is 6. The van der Waals surface area contributed by atoms with Gasteiger partial charge in [0.1, 0.15) is 9.96 Å². The molecule has 0 atom stereocenters. The van der Waals surface area contributed by atoms with E-state index in [2.05, 4.69) is 15.6 Å². The van der Waals surface area contributed by atoms with Gasteiger partial charge in [-0.05, 0) is 60.3 Å². The molecule has 0 saturated heterocycles. The Balaban J connectivity index is 1.49. The molecule has 3 aromatic rings. The van der Waals surface area contributed by atoms with E-state index < -0.39 is 21.8 Å². The van der Waals surface area contributed by atoms with Gasteiger partial charge in [0.15, 0.2) is 0 Å². The molecular formula is C21H21N3O5S2. The van der Waals surface area contributed by atoms with Gasteiger partial charge >= 0.3 is 0 Å². The van der Waals surface area contributed by atoms with Gasteiger partial charge in [0.05, 0.1) is 13.0 Å². The summed E-state index contributed by atoms with van der Waals surface area (Å²) in [6.45, 7) is 2.40. The Kier molecular flexibility index (Phi) is 7.27. The summed E-state index contributed by atoms with van der Waals surface area (Å²) in [6.07, 6.45) is 0.0154. The van der Waals surface area contributed by atoms with Gasteiger partial charge in [0.2, 0.25) is 5.91 Å². The van der Waals surface area contributed by atoms with Crippen LogP contribution in [0.5, 0.6) is 5.75 Å². The molecule has 3 N–H and O–H groups in total. The number of hydrazine groups is 1. The molecule has 1 heterocycles. The lowest BCUT2D eigenvalue weighted by Crippen LogP contribution is -2.42. The largest absolute Gasteiger partial charge is 0.494 e. The Bertz CT molecular complexity index is 1130. The van der Waals surface area contributed by atoms with Crippen LogP contribution in [0.1, 0.15) is 22.8 Å². The summed E-state index contributed by atoms with van der Waals surface area (Å²) in [4.78, 5) is 24.2. The molecule has 10 heteroatoms. The Hall–Kier alpha value is -3.37. The summed E-state index contributed by atoms with van der Waals surface area (Å²) in [5.74, 6) is -0.204. The van der Waals surface area contributed by atoms with Gasteiger partial charge < -0.3 is 4.74 Å². The first-order chi connectivity index (χ1) is 14.9. The zero-order chi connectivity index (χ0) is 22.3. The van der Waals surface area contributed by atoms with Crippen molar-refractivity contribution in [3.63, 3.8) is 0 Å². The van der Waals surface area contributed by atoms with E-state index in [0.29, 0.717) is 29.2 Å². The van der Waals surface area contributed by atoms with Crippen molar-refractivity contribution in [2.45, 2.75) is 17.6 Å². The SMILES string of the molecule is CCOc1ccc(C(=O)NNC(=O)Cc2ccc(NS(=O)(=O)c3cccs3)cc2)cc1. The van der Waals surface area contributed by atoms with E-state index in [-0.39, 0.29) is 10.6 Å². The fraction of sp³-hybridized carbons (Fsp3) is 0.143. The second-order valence-electron chi connectivity index (χ2n) is 6.37. The van der Waals surface area contributed by atoms with Crippen molar-refractivity contribution in [2.75, 3.05) is 11.3 Å². The number of sulfonamides is 1. The second-order valence-corrected chi connectivity index (χ2v) is 9.23. The highest BCUT2D eigenvalue weighted by atomic mass is 32.2. The minimum absolute atomic E-state index is 0.0154. The van der Waals surface area contributed by atoms with Gasteiger partial charge in [-0.15, -0.1) is 11.3 Å². The minimum Gasteiger partial charge on any atom is -0.494 e. The van der Waals surface area contributed by atoms with E-state index in [1.165, 1.54) is 6.07 Å². The maximum absolute atomic E-state index is 12.2. The van der Waals surface area contributed by atoms with Gasteiger partial charge in [-0.2, -0.15) is 0 Å². The average Bonchev–Trinajstić information content (AvgIpc) is 3.30. The average molecular weight is 460 g/mol. The Morgan fingerprint density at radius 3 is 2.29 bits per heavy atom. The number of rotatable bonds is 8. The lowest BCUT2D eigenvalue weighted by atomic mass is 10.1.